The summed E-state index contributed by atoms with van der Waals surface area (Å²) in [5.41, 5.74) is -0.226. The maximum Gasteiger partial charge on any atom is 0.355 e. The molecule has 0 saturated carbocycles. The highest BCUT2D eigenvalue weighted by molar-refractivity contribution is 6.30. The van der Waals surface area contributed by atoms with Gasteiger partial charge in [-0.1, -0.05) is 23.7 Å². The van der Waals surface area contributed by atoms with E-state index in [2.05, 4.69) is 10.3 Å². The van der Waals surface area contributed by atoms with E-state index in [9.17, 15) is 14.0 Å². The van der Waals surface area contributed by atoms with E-state index in [1.54, 1.807) is 44.2 Å². The number of benzene rings is 2. The number of anilines is 2. The third-order valence-corrected chi connectivity index (χ3v) is 4.73. The van der Waals surface area contributed by atoms with Gasteiger partial charge in [0.2, 0.25) is 5.95 Å². The van der Waals surface area contributed by atoms with E-state index >= 15 is 0 Å². The van der Waals surface area contributed by atoms with Gasteiger partial charge in [-0.3, -0.25) is 4.57 Å². The molecule has 3 rings (SSSR count). The van der Waals surface area contributed by atoms with Gasteiger partial charge in [-0.25, -0.2) is 18.5 Å². The molecule has 170 valence electrons. The van der Waals surface area contributed by atoms with Crippen LogP contribution in [0.5, 0.6) is 5.75 Å². The molecule has 0 bridgehead atoms. The fourth-order valence-corrected chi connectivity index (χ4v) is 3.10. The van der Waals surface area contributed by atoms with Gasteiger partial charge >= 0.3 is 11.4 Å². The minimum Gasteiger partial charge on any atom is -0.488 e. The van der Waals surface area contributed by atoms with E-state index in [4.69, 9.17) is 21.1 Å². The monoisotopic (exact) mass is 462 g/mol. The van der Waals surface area contributed by atoms with Gasteiger partial charge in [0.25, 0.3) is 0 Å². The first-order valence-corrected chi connectivity index (χ1v) is 10.3. The molecule has 0 unspecified atom stereocenters. The zero-order valence-electron chi connectivity index (χ0n) is 18.0. The summed E-state index contributed by atoms with van der Waals surface area (Å²) in [6.45, 7) is 3.94. The minimum atomic E-state index is -0.734. The number of methoxy groups -OCH3 is 1. The number of nitrogens with zero attached hydrogens (tertiary/aromatic N) is 3. The Kier molecular flexibility index (Phi) is 7.66. The van der Waals surface area contributed by atoms with Gasteiger partial charge in [-0.05, 0) is 43.7 Å². The fourth-order valence-electron chi connectivity index (χ4n) is 2.97. The molecule has 0 spiro atoms. The van der Waals surface area contributed by atoms with Crippen LogP contribution in [0.15, 0.2) is 52.1 Å². The van der Waals surface area contributed by atoms with Gasteiger partial charge in [0.15, 0.2) is 11.6 Å². The van der Waals surface area contributed by atoms with Crippen molar-refractivity contribution in [2.75, 3.05) is 19.0 Å². The number of nitrogens with one attached hydrogen (secondary N) is 1. The number of halogens is 2. The lowest BCUT2D eigenvalue weighted by atomic mass is 10.2. The van der Waals surface area contributed by atoms with Gasteiger partial charge in [0, 0.05) is 23.9 Å². The second-order valence-electron chi connectivity index (χ2n) is 7.29. The summed E-state index contributed by atoms with van der Waals surface area (Å²) in [6, 6.07) is 11.2. The Bertz CT molecular complexity index is 1190. The Morgan fingerprint density at radius 2 is 1.84 bits per heavy atom. The largest absolute Gasteiger partial charge is 0.488 e. The Morgan fingerprint density at radius 3 is 2.47 bits per heavy atom. The number of aromatic nitrogens is 3. The minimum absolute atomic E-state index is 0.0134. The standard InChI is InChI=1S/C22H24ClFN4O4/c1-14(2)32-19-9-8-17(12-18(19)24)25-20-26-21(29)27(10-11-31-3)22(30)28(20)13-15-4-6-16(23)7-5-15/h4-9,12,14H,10-11,13H2,1-3H3,(H,25,26,29). The van der Waals surface area contributed by atoms with Crippen molar-refractivity contribution in [1.82, 2.24) is 14.1 Å². The number of hydrogen-bond acceptors (Lipinski definition) is 6. The molecule has 0 aliphatic rings. The third-order valence-electron chi connectivity index (χ3n) is 4.47. The van der Waals surface area contributed by atoms with Crippen LogP contribution in [0.1, 0.15) is 19.4 Å². The van der Waals surface area contributed by atoms with Crippen molar-refractivity contribution in [1.29, 1.82) is 0 Å². The molecule has 2 aromatic carbocycles. The molecule has 0 radical (unpaired) electrons. The molecular weight excluding hydrogens is 439 g/mol. The van der Waals surface area contributed by atoms with Crippen LogP contribution in [0.25, 0.3) is 0 Å². The smallest absolute Gasteiger partial charge is 0.355 e. The van der Waals surface area contributed by atoms with E-state index < -0.39 is 17.2 Å². The molecule has 10 heteroatoms. The molecule has 0 aliphatic carbocycles. The van der Waals surface area contributed by atoms with Crippen molar-refractivity contribution in [3.8, 4) is 5.75 Å². The van der Waals surface area contributed by atoms with Crippen LogP contribution in [-0.4, -0.2) is 33.9 Å². The fraction of sp³-hybridized carbons (Fsp3) is 0.318. The van der Waals surface area contributed by atoms with Gasteiger partial charge in [-0.15, -0.1) is 0 Å². The molecule has 1 N–H and O–H groups in total. The van der Waals surface area contributed by atoms with Crippen LogP contribution in [0, 0.1) is 5.82 Å². The van der Waals surface area contributed by atoms with Gasteiger partial charge in [-0.2, -0.15) is 4.98 Å². The molecule has 8 nitrogen and oxygen atoms in total. The summed E-state index contributed by atoms with van der Waals surface area (Å²) in [7, 11) is 1.47. The summed E-state index contributed by atoms with van der Waals surface area (Å²) in [4.78, 5) is 29.6. The second-order valence-corrected chi connectivity index (χ2v) is 7.73. The molecule has 0 atom stereocenters. The highest BCUT2D eigenvalue weighted by Gasteiger charge is 2.15. The van der Waals surface area contributed by atoms with Crippen LogP contribution < -0.4 is 21.4 Å². The lowest BCUT2D eigenvalue weighted by Gasteiger charge is -2.16. The van der Waals surface area contributed by atoms with Gasteiger partial charge in [0.1, 0.15) is 0 Å². The quantitative estimate of drug-likeness (QED) is 0.524. The molecule has 0 amide bonds. The molecule has 3 aromatic rings. The average molecular weight is 463 g/mol. The average Bonchev–Trinajstić information content (AvgIpc) is 2.74. The zero-order valence-corrected chi connectivity index (χ0v) is 18.7. The first-order valence-electron chi connectivity index (χ1n) is 9.96. The van der Waals surface area contributed by atoms with Crippen LogP contribution in [0.3, 0.4) is 0 Å². The van der Waals surface area contributed by atoms with Crippen molar-refractivity contribution >= 4 is 23.2 Å². The predicted molar refractivity (Wildman–Crippen MR) is 121 cm³/mol. The third kappa shape index (κ3) is 5.74. The second kappa shape index (κ2) is 10.4. The summed E-state index contributed by atoms with van der Waals surface area (Å²) < 4.78 is 27.1. The summed E-state index contributed by atoms with van der Waals surface area (Å²) in [5.74, 6) is -0.490. The Balaban J connectivity index is 2.01. The molecule has 0 fully saturated rings. The van der Waals surface area contributed by atoms with E-state index in [0.29, 0.717) is 10.7 Å². The zero-order chi connectivity index (χ0) is 23.3. The van der Waals surface area contributed by atoms with E-state index in [-0.39, 0.29) is 37.5 Å². The van der Waals surface area contributed by atoms with E-state index in [0.717, 1.165) is 10.1 Å². The Labute approximate surface area is 189 Å². The Hall–Kier alpha value is -3.17. The number of hydrogen-bond donors (Lipinski definition) is 1. The molecule has 1 aromatic heterocycles. The van der Waals surface area contributed by atoms with E-state index in [1.165, 1.54) is 23.8 Å². The SMILES string of the molecule is COCCn1c(=O)nc(Nc2ccc(OC(C)C)c(F)c2)n(Cc2ccc(Cl)cc2)c1=O. The molecule has 1 heterocycles. The topological polar surface area (TPSA) is 87.4 Å². The summed E-state index contributed by atoms with van der Waals surface area (Å²) in [5, 5.41) is 3.43. The van der Waals surface area contributed by atoms with Crippen molar-refractivity contribution in [2.45, 2.75) is 33.0 Å². The van der Waals surface area contributed by atoms with Crippen molar-refractivity contribution in [2.24, 2.45) is 0 Å². The maximum absolute atomic E-state index is 14.4. The Morgan fingerprint density at radius 1 is 1.12 bits per heavy atom. The first-order chi connectivity index (χ1) is 15.3. The van der Waals surface area contributed by atoms with Crippen LogP contribution in [0.4, 0.5) is 16.0 Å². The van der Waals surface area contributed by atoms with E-state index in [1.807, 2.05) is 0 Å². The van der Waals surface area contributed by atoms with Crippen LogP contribution in [-0.2, 0) is 17.8 Å². The highest BCUT2D eigenvalue weighted by atomic mass is 35.5. The lowest BCUT2D eigenvalue weighted by Crippen LogP contribution is -2.43. The van der Waals surface area contributed by atoms with Crippen LogP contribution >= 0.6 is 11.6 Å². The molecular formula is C22H24ClFN4O4. The molecule has 0 saturated heterocycles. The van der Waals surface area contributed by atoms with Crippen LogP contribution in [0.2, 0.25) is 5.02 Å². The summed E-state index contributed by atoms with van der Waals surface area (Å²) in [6.07, 6.45) is -0.186. The maximum atomic E-state index is 14.4. The first kappa shape index (κ1) is 23.5. The van der Waals surface area contributed by atoms with Gasteiger partial charge < -0.3 is 14.8 Å². The summed E-state index contributed by atoms with van der Waals surface area (Å²) >= 11 is 5.95. The van der Waals surface area contributed by atoms with Crippen molar-refractivity contribution < 1.29 is 13.9 Å². The predicted octanol–water partition coefficient (Wildman–Crippen LogP) is 3.42. The number of ether oxygens (including phenoxy) is 2. The van der Waals surface area contributed by atoms with Crippen molar-refractivity contribution in [3.63, 3.8) is 0 Å². The normalized spacial score (nSPS) is 11.1. The molecule has 0 aliphatic heterocycles. The van der Waals surface area contributed by atoms with Crippen molar-refractivity contribution in [3.05, 3.63) is 79.8 Å². The van der Waals surface area contributed by atoms with Gasteiger partial charge in [0.05, 0.1) is 25.8 Å². The lowest BCUT2D eigenvalue weighted by molar-refractivity contribution is 0.183. The number of rotatable bonds is 9. The highest BCUT2D eigenvalue weighted by Crippen LogP contribution is 2.24. The molecule has 32 heavy (non-hydrogen) atoms.